The van der Waals surface area contributed by atoms with Crippen molar-refractivity contribution in [1.82, 2.24) is 0 Å². The Balaban J connectivity index is 1.96. The number of rotatable bonds is 5. The average Bonchev–Trinajstić information content (AvgIpc) is 2.46. The van der Waals surface area contributed by atoms with Gasteiger partial charge in [0.15, 0.2) is 0 Å². The van der Waals surface area contributed by atoms with Crippen molar-refractivity contribution in [3.05, 3.63) is 54.3 Å². The highest BCUT2D eigenvalue weighted by atomic mass is 32.2. The first-order valence-electron chi connectivity index (χ1n) is 6.16. The number of carbonyl (C=O) groups is 1. The fourth-order valence-corrected chi connectivity index (χ4v) is 2.89. The Bertz CT molecular complexity index is 777. The number of anilines is 1. The Morgan fingerprint density at radius 2 is 1.86 bits per heavy atom. The second-order valence-electron chi connectivity index (χ2n) is 4.36. The molecule has 0 heterocycles. The van der Waals surface area contributed by atoms with E-state index in [-0.39, 0.29) is 22.4 Å². The summed E-state index contributed by atoms with van der Waals surface area (Å²) in [5.41, 5.74) is 0.344. The molecule has 22 heavy (non-hydrogen) atoms. The van der Waals surface area contributed by atoms with Crippen LogP contribution in [0.3, 0.4) is 0 Å². The van der Waals surface area contributed by atoms with E-state index in [1.807, 2.05) is 0 Å². The summed E-state index contributed by atoms with van der Waals surface area (Å²) in [7, 11) is -3.81. The van der Waals surface area contributed by atoms with Gasteiger partial charge in [0.25, 0.3) is 0 Å². The standard InChI is InChI=1S/C14H13FN2O3S2/c15-10-4-6-12(7-5-10)21-9-14(18)17-11-2-1-3-13(8-11)22(16,19)20/h1-8H,9H2,(H,17,18)(H2,16,19,20). The lowest BCUT2D eigenvalue weighted by atomic mass is 10.3. The quantitative estimate of drug-likeness (QED) is 0.817. The molecule has 0 unspecified atom stereocenters. The van der Waals surface area contributed by atoms with Gasteiger partial charge in [-0.25, -0.2) is 17.9 Å². The molecule has 0 saturated heterocycles. The molecule has 0 aliphatic carbocycles. The highest BCUT2D eigenvalue weighted by Crippen LogP contribution is 2.19. The number of benzene rings is 2. The molecule has 3 N–H and O–H groups in total. The van der Waals surface area contributed by atoms with Crippen molar-refractivity contribution in [2.45, 2.75) is 9.79 Å². The van der Waals surface area contributed by atoms with Gasteiger partial charge in [0.05, 0.1) is 10.6 Å². The molecule has 0 saturated carbocycles. The van der Waals surface area contributed by atoms with Gasteiger partial charge in [-0.2, -0.15) is 0 Å². The topological polar surface area (TPSA) is 89.3 Å². The Labute approximate surface area is 131 Å². The molecule has 0 atom stereocenters. The lowest BCUT2D eigenvalue weighted by Gasteiger charge is -2.06. The zero-order chi connectivity index (χ0) is 16.2. The molecule has 0 spiro atoms. The second-order valence-corrected chi connectivity index (χ2v) is 6.97. The van der Waals surface area contributed by atoms with Crippen LogP contribution in [0.2, 0.25) is 0 Å². The predicted octanol–water partition coefficient (Wildman–Crippen LogP) is 2.20. The number of thioether (sulfide) groups is 1. The van der Waals surface area contributed by atoms with Crippen LogP contribution in [0, 0.1) is 5.82 Å². The number of halogens is 1. The van der Waals surface area contributed by atoms with Crippen LogP contribution in [0.1, 0.15) is 0 Å². The Morgan fingerprint density at radius 1 is 1.18 bits per heavy atom. The van der Waals surface area contributed by atoms with Gasteiger partial charge in [-0.3, -0.25) is 4.79 Å². The van der Waals surface area contributed by atoms with Crippen molar-refractivity contribution in [2.75, 3.05) is 11.1 Å². The van der Waals surface area contributed by atoms with Crippen LogP contribution < -0.4 is 10.5 Å². The molecule has 8 heteroatoms. The summed E-state index contributed by atoms with van der Waals surface area (Å²) in [5, 5.41) is 7.61. The number of carbonyl (C=O) groups excluding carboxylic acids is 1. The van der Waals surface area contributed by atoms with E-state index in [1.54, 1.807) is 18.2 Å². The molecule has 0 bridgehead atoms. The van der Waals surface area contributed by atoms with E-state index < -0.39 is 10.0 Å². The summed E-state index contributed by atoms with van der Waals surface area (Å²) in [5.74, 6) is -0.528. The third-order valence-electron chi connectivity index (χ3n) is 2.63. The Morgan fingerprint density at radius 3 is 2.50 bits per heavy atom. The van der Waals surface area contributed by atoms with E-state index in [0.717, 1.165) is 4.90 Å². The number of hydrogen-bond acceptors (Lipinski definition) is 4. The summed E-state index contributed by atoms with van der Waals surface area (Å²) in [6, 6.07) is 11.5. The minimum atomic E-state index is -3.81. The minimum Gasteiger partial charge on any atom is -0.325 e. The molecule has 2 aromatic rings. The molecule has 2 aromatic carbocycles. The number of sulfonamides is 1. The molecule has 2 rings (SSSR count). The van der Waals surface area contributed by atoms with Gasteiger partial charge in [0.2, 0.25) is 15.9 Å². The van der Waals surface area contributed by atoms with Crippen LogP contribution in [0.5, 0.6) is 0 Å². The van der Waals surface area contributed by atoms with Gasteiger partial charge in [0, 0.05) is 10.6 Å². The third-order valence-corrected chi connectivity index (χ3v) is 4.55. The normalized spacial score (nSPS) is 11.2. The molecular formula is C14H13FN2O3S2. The van der Waals surface area contributed by atoms with Crippen molar-refractivity contribution in [3.8, 4) is 0 Å². The van der Waals surface area contributed by atoms with E-state index in [4.69, 9.17) is 5.14 Å². The van der Waals surface area contributed by atoms with Crippen molar-refractivity contribution in [1.29, 1.82) is 0 Å². The fraction of sp³-hybridized carbons (Fsp3) is 0.0714. The maximum Gasteiger partial charge on any atom is 0.238 e. The van der Waals surface area contributed by atoms with Crippen LogP contribution in [0.15, 0.2) is 58.3 Å². The zero-order valence-corrected chi connectivity index (χ0v) is 13.0. The maximum absolute atomic E-state index is 12.8. The molecule has 0 aliphatic heterocycles. The Hall–Kier alpha value is -1.90. The van der Waals surface area contributed by atoms with Gasteiger partial charge >= 0.3 is 0 Å². The highest BCUT2D eigenvalue weighted by Gasteiger charge is 2.09. The molecule has 1 amide bonds. The van der Waals surface area contributed by atoms with Gasteiger partial charge in [-0.15, -0.1) is 11.8 Å². The number of nitrogens with one attached hydrogen (secondary N) is 1. The van der Waals surface area contributed by atoms with E-state index in [9.17, 15) is 17.6 Å². The summed E-state index contributed by atoms with van der Waals surface area (Å²) >= 11 is 1.24. The van der Waals surface area contributed by atoms with Gasteiger partial charge in [0.1, 0.15) is 5.82 Å². The molecule has 116 valence electrons. The fourth-order valence-electron chi connectivity index (χ4n) is 1.63. The van der Waals surface area contributed by atoms with E-state index in [1.165, 1.54) is 42.1 Å². The smallest absolute Gasteiger partial charge is 0.238 e. The van der Waals surface area contributed by atoms with Crippen molar-refractivity contribution in [3.63, 3.8) is 0 Å². The number of primary sulfonamides is 1. The summed E-state index contributed by atoms with van der Waals surface area (Å²) in [4.78, 5) is 12.5. The first-order valence-corrected chi connectivity index (χ1v) is 8.69. The summed E-state index contributed by atoms with van der Waals surface area (Å²) in [6.07, 6.45) is 0. The lowest BCUT2D eigenvalue weighted by Crippen LogP contribution is -2.16. The van der Waals surface area contributed by atoms with E-state index >= 15 is 0 Å². The zero-order valence-electron chi connectivity index (χ0n) is 11.3. The van der Waals surface area contributed by atoms with Crippen molar-refractivity contribution >= 4 is 33.4 Å². The summed E-state index contributed by atoms with van der Waals surface area (Å²) < 4.78 is 35.2. The third kappa shape index (κ3) is 4.83. The van der Waals surface area contributed by atoms with Gasteiger partial charge in [-0.05, 0) is 42.5 Å². The largest absolute Gasteiger partial charge is 0.325 e. The SMILES string of the molecule is NS(=O)(=O)c1cccc(NC(=O)CSc2ccc(F)cc2)c1. The molecule has 0 aliphatic rings. The minimum absolute atomic E-state index is 0.0727. The van der Waals surface area contributed by atoms with E-state index in [2.05, 4.69) is 5.32 Å². The molecule has 0 radical (unpaired) electrons. The maximum atomic E-state index is 12.8. The monoisotopic (exact) mass is 340 g/mol. The van der Waals surface area contributed by atoms with E-state index in [0.29, 0.717) is 5.69 Å². The van der Waals surface area contributed by atoms with Crippen LogP contribution in [-0.4, -0.2) is 20.1 Å². The number of nitrogens with two attached hydrogens (primary N) is 1. The second kappa shape index (κ2) is 6.91. The number of amides is 1. The first-order chi connectivity index (χ1) is 10.3. The summed E-state index contributed by atoms with van der Waals surface area (Å²) in [6.45, 7) is 0. The van der Waals surface area contributed by atoms with Crippen LogP contribution in [0.4, 0.5) is 10.1 Å². The van der Waals surface area contributed by atoms with Crippen molar-refractivity contribution < 1.29 is 17.6 Å². The molecule has 0 aromatic heterocycles. The van der Waals surface area contributed by atoms with Gasteiger partial charge < -0.3 is 5.32 Å². The van der Waals surface area contributed by atoms with Crippen LogP contribution in [-0.2, 0) is 14.8 Å². The van der Waals surface area contributed by atoms with Gasteiger partial charge in [-0.1, -0.05) is 6.07 Å². The van der Waals surface area contributed by atoms with Crippen LogP contribution in [0.25, 0.3) is 0 Å². The van der Waals surface area contributed by atoms with Crippen molar-refractivity contribution in [2.24, 2.45) is 5.14 Å². The highest BCUT2D eigenvalue weighted by molar-refractivity contribution is 8.00. The average molecular weight is 340 g/mol. The first kappa shape index (κ1) is 16.5. The molecule has 0 fully saturated rings. The molecular weight excluding hydrogens is 327 g/mol. The number of hydrogen-bond donors (Lipinski definition) is 2. The lowest BCUT2D eigenvalue weighted by molar-refractivity contribution is -0.113. The molecule has 5 nitrogen and oxygen atoms in total. The van der Waals surface area contributed by atoms with Crippen LogP contribution >= 0.6 is 11.8 Å². The predicted molar refractivity (Wildman–Crippen MR) is 83.6 cm³/mol. The Kier molecular flexibility index (Phi) is 5.17.